The number of fused-ring (bicyclic) bond motifs is 1. The first-order valence-electron chi connectivity index (χ1n) is 9.88. The summed E-state index contributed by atoms with van der Waals surface area (Å²) in [6.07, 6.45) is 1.35. The lowest BCUT2D eigenvalue weighted by atomic mass is 10.1. The van der Waals surface area contributed by atoms with Gasteiger partial charge in [-0.05, 0) is 30.3 Å². The fraction of sp³-hybridized carbons (Fsp3) is 0.190. The number of nitrogens with one attached hydrogen (secondary N) is 1. The van der Waals surface area contributed by atoms with Crippen LogP contribution < -0.4 is 19.9 Å². The lowest BCUT2D eigenvalue weighted by Gasteiger charge is -2.40. The van der Waals surface area contributed by atoms with Crippen molar-refractivity contribution in [1.82, 2.24) is 14.7 Å². The maximum Gasteiger partial charge on any atom is 0.282 e. The fourth-order valence-electron chi connectivity index (χ4n) is 3.65. The highest BCUT2D eigenvalue weighted by molar-refractivity contribution is 7.86. The van der Waals surface area contributed by atoms with Crippen LogP contribution in [0.2, 0.25) is 5.02 Å². The maximum atomic E-state index is 13.3. The first-order valence-corrected chi connectivity index (χ1v) is 11.4. The molecular weight excluding hydrogens is 492 g/mol. The topological polar surface area (TPSA) is 102 Å². The summed E-state index contributed by atoms with van der Waals surface area (Å²) in [6.45, 7) is -1.00. The van der Waals surface area contributed by atoms with E-state index in [1.165, 1.54) is 41.0 Å². The zero-order valence-corrected chi connectivity index (χ0v) is 19.1. The molecule has 1 aliphatic heterocycles. The van der Waals surface area contributed by atoms with E-state index in [4.69, 9.17) is 20.9 Å². The average molecular weight is 508 g/mol. The monoisotopic (exact) mass is 507 g/mol. The minimum atomic E-state index is -2.80. The summed E-state index contributed by atoms with van der Waals surface area (Å²) in [6, 6.07) is 10.8. The Morgan fingerprint density at radius 1 is 1.21 bits per heavy atom. The van der Waals surface area contributed by atoms with E-state index in [1.54, 1.807) is 24.3 Å². The predicted octanol–water partition coefficient (Wildman–Crippen LogP) is 3.63. The third kappa shape index (κ3) is 3.99. The molecule has 1 atom stereocenters. The quantitative estimate of drug-likeness (QED) is 0.425. The Morgan fingerprint density at radius 2 is 2.00 bits per heavy atom. The molecule has 0 amide bonds. The van der Waals surface area contributed by atoms with Crippen LogP contribution in [-0.4, -0.2) is 45.0 Å². The predicted molar refractivity (Wildman–Crippen MR) is 123 cm³/mol. The SMILES string of the molecule is COc1nc(N2CC(F)(F)C2)c(Cl)cc1-n1c(=O)ccc2cc(S(=O)Nc3ccon3)ccc21. The molecule has 0 saturated carbocycles. The van der Waals surface area contributed by atoms with E-state index in [1.807, 2.05) is 0 Å². The largest absolute Gasteiger partial charge is 0.479 e. The van der Waals surface area contributed by atoms with Gasteiger partial charge in [0.25, 0.3) is 11.5 Å². The van der Waals surface area contributed by atoms with Crippen LogP contribution in [0.4, 0.5) is 20.4 Å². The van der Waals surface area contributed by atoms with E-state index < -0.39 is 30.0 Å². The zero-order chi connectivity index (χ0) is 24.0. The summed E-state index contributed by atoms with van der Waals surface area (Å²) < 4.78 is 53.5. The van der Waals surface area contributed by atoms with Crippen LogP contribution in [0.3, 0.4) is 0 Å². The molecule has 1 fully saturated rings. The Balaban J connectivity index is 1.57. The first-order chi connectivity index (χ1) is 16.3. The number of methoxy groups -OCH3 is 1. The van der Waals surface area contributed by atoms with Gasteiger partial charge in [-0.1, -0.05) is 16.8 Å². The lowest BCUT2D eigenvalue weighted by molar-refractivity contribution is -0.0267. The van der Waals surface area contributed by atoms with Gasteiger partial charge in [-0.3, -0.25) is 14.1 Å². The Labute approximate surface area is 198 Å². The van der Waals surface area contributed by atoms with E-state index in [0.29, 0.717) is 21.6 Å². The van der Waals surface area contributed by atoms with Gasteiger partial charge in [0.1, 0.15) is 12.0 Å². The van der Waals surface area contributed by atoms with Crippen LogP contribution in [0.15, 0.2) is 62.9 Å². The fourth-order valence-corrected chi connectivity index (χ4v) is 4.76. The van der Waals surface area contributed by atoms with Gasteiger partial charge >= 0.3 is 0 Å². The second-order valence-electron chi connectivity index (χ2n) is 7.52. The normalized spacial score (nSPS) is 15.7. The molecule has 0 bridgehead atoms. The number of pyridine rings is 2. The molecule has 34 heavy (non-hydrogen) atoms. The molecule has 0 radical (unpaired) electrons. The third-order valence-electron chi connectivity index (χ3n) is 5.20. The minimum absolute atomic E-state index is 0.0459. The highest BCUT2D eigenvalue weighted by Crippen LogP contribution is 2.38. The third-order valence-corrected chi connectivity index (χ3v) is 6.55. The van der Waals surface area contributed by atoms with Crippen molar-refractivity contribution in [3.63, 3.8) is 0 Å². The smallest absolute Gasteiger partial charge is 0.282 e. The van der Waals surface area contributed by atoms with Gasteiger partial charge in [-0.2, -0.15) is 4.98 Å². The summed E-state index contributed by atoms with van der Waals surface area (Å²) in [5.74, 6) is -2.29. The van der Waals surface area contributed by atoms with Crippen LogP contribution >= 0.6 is 11.6 Å². The molecule has 3 aromatic heterocycles. The Hall–Kier alpha value is -3.51. The summed E-state index contributed by atoms with van der Waals surface area (Å²) in [5, 5.41) is 4.38. The van der Waals surface area contributed by atoms with Gasteiger partial charge in [0.2, 0.25) is 5.88 Å². The highest BCUT2D eigenvalue weighted by Gasteiger charge is 2.45. The molecular formula is C21H16ClF2N5O4S. The first kappa shape index (κ1) is 22.3. The number of alkyl halides is 2. The Bertz CT molecular complexity index is 1470. The van der Waals surface area contributed by atoms with Crippen molar-refractivity contribution < 1.29 is 22.2 Å². The molecule has 1 unspecified atom stereocenters. The number of hydrogen-bond acceptors (Lipinski definition) is 7. The molecule has 0 spiro atoms. The molecule has 176 valence electrons. The summed E-state index contributed by atoms with van der Waals surface area (Å²) in [5.41, 5.74) is 0.337. The van der Waals surface area contributed by atoms with Gasteiger partial charge < -0.3 is 14.2 Å². The Morgan fingerprint density at radius 3 is 2.68 bits per heavy atom. The molecule has 4 heterocycles. The number of aromatic nitrogens is 3. The van der Waals surface area contributed by atoms with E-state index in [-0.39, 0.29) is 28.0 Å². The van der Waals surface area contributed by atoms with Crippen molar-refractivity contribution in [2.24, 2.45) is 0 Å². The van der Waals surface area contributed by atoms with Crippen molar-refractivity contribution >= 4 is 45.1 Å². The van der Waals surface area contributed by atoms with Crippen LogP contribution in [0, 0.1) is 0 Å². The molecule has 4 aromatic rings. The van der Waals surface area contributed by atoms with Crippen molar-refractivity contribution in [1.29, 1.82) is 0 Å². The standard InChI is InChI=1S/C21H16ClF2N5O4S/c1-32-20-16(9-14(22)19(25-20)28-10-21(23,24)11-28)29-15-4-3-13(8-12(15)2-5-18(29)30)34(31)27-17-6-7-33-26-17/h2-9H,10-11H2,1H3,(H,26,27). The van der Waals surface area contributed by atoms with Crippen molar-refractivity contribution in [3.05, 3.63) is 64.1 Å². The second-order valence-corrected chi connectivity index (χ2v) is 9.14. The van der Waals surface area contributed by atoms with Gasteiger partial charge in [0, 0.05) is 17.5 Å². The number of hydrogen-bond donors (Lipinski definition) is 1. The molecule has 1 aliphatic rings. The number of benzene rings is 1. The number of anilines is 2. The summed E-state index contributed by atoms with van der Waals surface area (Å²) in [4.78, 5) is 18.9. The van der Waals surface area contributed by atoms with Crippen LogP contribution in [0.1, 0.15) is 0 Å². The van der Waals surface area contributed by atoms with E-state index in [2.05, 4.69) is 14.9 Å². The van der Waals surface area contributed by atoms with Crippen LogP contribution in [0.5, 0.6) is 5.88 Å². The average Bonchev–Trinajstić information content (AvgIpc) is 3.30. The van der Waals surface area contributed by atoms with Gasteiger partial charge in [0.05, 0.1) is 35.6 Å². The molecule has 9 nitrogen and oxygen atoms in total. The number of ether oxygens (including phenoxy) is 1. The number of rotatable bonds is 6. The molecule has 5 rings (SSSR count). The molecule has 0 aliphatic carbocycles. The molecule has 1 N–H and O–H groups in total. The van der Waals surface area contributed by atoms with E-state index in [0.717, 1.165) is 0 Å². The van der Waals surface area contributed by atoms with Gasteiger partial charge in [-0.15, -0.1) is 0 Å². The minimum Gasteiger partial charge on any atom is -0.479 e. The second kappa shape index (κ2) is 8.37. The number of halogens is 3. The summed E-state index contributed by atoms with van der Waals surface area (Å²) in [7, 11) is -0.267. The van der Waals surface area contributed by atoms with Crippen molar-refractivity contribution in [3.8, 4) is 11.6 Å². The summed E-state index contributed by atoms with van der Waals surface area (Å²) >= 11 is 6.36. The molecule has 1 saturated heterocycles. The van der Waals surface area contributed by atoms with E-state index in [9.17, 15) is 17.8 Å². The van der Waals surface area contributed by atoms with Gasteiger partial charge in [0.15, 0.2) is 22.6 Å². The molecule has 1 aromatic carbocycles. The number of nitrogens with zero attached hydrogens (tertiary/aromatic N) is 4. The van der Waals surface area contributed by atoms with Gasteiger partial charge in [-0.25, -0.2) is 13.0 Å². The van der Waals surface area contributed by atoms with E-state index >= 15 is 0 Å². The zero-order valence-electron chi connectivity index (χ0n) is 17.5. The molecule has 13 heteroatoms. The Kier molecular flexibility index (Phi) is 5.48. The van der Waals surface area contributed by atoms with Crippen molar-refractivity contribution in [2.75, 3.05) is 29.8 Å². The highest BCUT2D eigenvalue weighted by atomic mass is 35.5. The van der Waals surface area contributed by atoms with Crippen LogP contribution in [0.25, 0.3) is 16.6 Å². The van der Waals surface area contributed by atoms with Crippen molar-refractivity contribution in [2.45, 2.75) is 10.8 Å². The maximum absolute atomic E-state index is 13.3. The van der Waals surface area contributed by atoms with Crippen LogP contribution in [-0.2, 0) is 11.0 Å². The lowest BCUT2D eigenvalue weighted by Crippen LogP contribution is -2.56.